The third kappa shape index (κ3) is 3.21. The Morgan fingerprint density at radius 2 is 2.09 bits per heavy atom. The number of benzene rings is 1. The zero-order valence-electron chi connectivity index (χ0n) is 6.87. The van der Waals surface area contributed by atoms with Crippen molar-refractivity contribution in [3.05, 3.63) is 29.8 Å². The molecule has 0 N–H and O–H groups in total. The van der Waals surface area contributed by atoms with Crippen LogP contribution in [0.4, 0.5) is 0 Å². The maximum absolute atomic E-state index is 4.28. The molecule has 0 spiro atoms. The Morgan fingerprint density at radius 3 is 2.64 bits per heavy atom. The van der Waals surface area contributed by atoms with Gasteiger partial charge in [0, 0.05) is 10.5 Å². The summed E-state index contributed by atoms with van der Waals surface area (Å²) in [4.78, 5) is 1.06. The molecule has 0 saturated heterocycles. The van der Waals surface area contributed by atoms with Gasteiger partial charge in [-0.05, 0) is 23.0 Å². The fourth-order valence-electron chi connectivity index (χ4n) is 0.980. The first-order valence-corrected chi connectivity index (χ1v) is 6.16. The van der Waals surface area contributed by atoms with Gasteiger partial charge in [-0.3, -0.25) is 0 Å². The molecule has 0 bridgehead atoms. The van der Waals surface area contributed by atoms with E-state index in [1.54, 1.807) is 0 Å². The van der Waals surface area contributed by atoms with Crippen molar-refractivity contribution in [3.63, 3.8) is 0 Å². The van der Waals surface area contributed by atoms with E-state index in [0.29, 0.717) is 10.9 Å². The summed E-state index contributed by atoms with van der Waals surface area (Å²) in [6, 6.07) is 8.36. The molecule has 2 heteroatoms. The van der Waals surface area contributed by atoms with Crippen molar-refractivity contribution in [2.75, 3.05) is 12.5 Å². The van der Waals surface area contributed by atoms with Crippen LogP contribution < -0.4 is 0 Å². The van der Waals surface area contributed by atoms with E-state index in [9.17, 15) is 0 Å². The first kappa shape index (κ1) is 9.01. The fourth-order valence-corrected chi connectivity index (χ4v) is 2.08. The van der Waals surface area contributed by atoms with Crippen molar-refractivity contribution < 1.29 is 0 Å². The summed E-state index contributed by atoms with van der Waals surface area (Å²) in [5, 5.41) is 0. The molecule has 0 aliphatic rings. The summed E-state index contributed by atoms with van der Waals surface area (Å²) in [5.41, 5.74) is 1.39. The topological polar surface area (TPSA) is 0 Å². The highest BCUT2D eigenvalue weighted by Crippen LogP contribution is 2.11. The minimum absolute atomic E-state index is 0.491. The Balaban J connectivity index is 2.71. The van der Waals surface area contributed by atoms with E-state index in [0.717, 1.165) is 4.90 Å². The number of hydrogen-bond donors (Lipinski definition) is 1. The molecule has 0 heterocycles. The molecule has 0 aliphatic heterocycles. The van der Waals surface area contributed by atoms with Crippen LogP contribution in [0, 0.1) is 0 Å². The molecule has 0 aliphatic carbocycles. The third-order valence-corrected chi connectivity index (χ3v) is 2.55. The van der Waals surface area contributed by atoms with Gasteiger partial charge in [0.05, 0.1) is 12.5 Å². The molecule has 11 heavy (non-hydrogen) atoms. The van der Waals surface area contributed by atoms with Crippen molar-refractivity contribution in [2.45, 2.75) is 10.6 Å². The van der Waals surface area contributed by atoms with Gasteiger partial charge in [0.1, 0.15) is 5.75 Å². The van der Waals surface area contributed by atoms with Crippen molar-refractivity contribution in [1.29, 1.82) is 0 Å². The second kappa shape index (κ2) is 4.07. The lowest BCUT2D eigenvalue weighted by atomic mass is 10.2. The SMILES string of the molecule is C[S+](C)Cc1cccc(S)c1. The Morgan fingerprint density at radius 1 is 1.36 bits per heavy atom. The summed E-state index contributed by atoms with van der Waals surface area (Å²) in [5.74, 6) is 1.18. The maximum Gasteiger partial charge on any atom is 0.132 e. The lowest BCUT2D eigenvalue weighted by Crippen LogP contribution is -1.98. The van der Waals surface area contributed by atoms with Crippen LogP contribution in [0.25, 0.3) is 0 Å². The van der Waals surface area contributed by atoms with Crippen molar-refractivity contribution in [2.24, 2.45) is 0 Å². The van der Waals surface area contributed by atoms with Crippen molar-refractivity contribution in [3.8, 4) is 0 Å². The van der Waals surface area contributed by atoms with Crippen LogP contribution in [-0.4, -0.2) is 12.5 Å². The lowest BCUT2D eigenvalue weighted by Gasteiger charge is -1.98. The average Bonchev–Trinajstić information content (AvgIpc) is 1.85. The Kier molecular flexibility index (Phi) is 3.34. The largest absolute Gasteiger partial charge is 0.143 e. The van der Waals surface area contributed by atoms with Gasteiger partial charge in [-0.15, -0.1) is 12.6 Å². The Labute approximate surface area is 76.8 Å². The molecular weight excluding hydrogens is 172 g/mol. The molecule has 0 saturated carbocycles. The molecule has 0 nitrogen and oxygen atoms in total. The maximum atomic E-state index is 4.28. The third-order valence-electron chi connectivity index (χ3n) is 1.37. The second-order valence-corrected chi connectivity index (χ2v) is 5.58. The lowest BCUT2D eigenvalue weighted by molar-refractivity contribution is 1.33. The van der Waals surface area contributed by atoms with Crippen LogP contribution in [0.3, 0.4) is 0 Å². The van der Waals surface area contributed by atoms with E-state index in [-0.39, 0.29) is 0 Å². The van der Waals surface area contributed by atoms with Crippen LogP contribution in [0.15, 0.2) is 29.2 Å². The predicted molar refractivity (Wildman–Crippen MR) is 56.6 cm³/mol. The van der Waals surface area contributed by atoms with E-state index >= 15 is 0 Å². The molecule has 0 atom stereocenters. The monoisotopic (exact) mass is 185 g/mol. The van der Waals surface area contributed by atoms with E-state index in [1.165, 1.54) is 11.3 Å². The van der Waals surface area contributed by atoms with E-state index in [1.807, 2.05) is 6.07 Å². The van der Waals surface area contributed by atoms with E-state index in [4.69, 9.17) is 0 Å². The molecule has 0 unspecified atom stereocenters. The van der Waals surface area contributed by atoms with Crippen LogP contribution >= 0.6 is 12.6 Å². The summed E-state index contributed by atoms with van der Waals surface area (Å²) >= 11 is 4.28. The van der Waals surface area contributed by atoms with Gasteiger partial charge < -0.3 is 0 Å². The van der Waals surface area contributed by atoms with Crippen molar-refractivity contribution >= 4 is 23.5 Å². The van der Waals surface area contributed by atoms with Gasteiger partial charge >= 0.3 is 0 Å². The standard InChI is InChI=1S/C9H12S2/c1-11(2)7-8-4-3-5-9(10)6-8/h3-6H,7H2,1-2H3/p+1. The molecule has 1 rings (SSSR count). The number of thiol groups is 1. The van der Waals surface area contributed by atoms with Crippen LogP contribution in [0.2, 0.25) is 0 Å². The summed E-state index contributed by atoms with van der Waals surface area (Å²) in [7, 11) is 0.491. The quantitative estimate of drug-likeness (QED) is 0.531. The smallest absolute Gasteiger partial charge is 0.132 e. The van der Waals surface area contributed by atoms with Gasteiger partial charge in [0.15, 0.2) is 0 Å². The number of rotatable bonds is 2. The minimum atomic E-state index is 0.491. The molecule has 0 radical (unpaired) electrons. The number of hydrogen-bond acceptors (Lipinski definition) is 1. The second-order valence-electron chi connectivity index (χ2n) is 2.80. The van der Waals surface area contributed by atoms with Crippen LogP contribution in [0.5, 0.6) is 0 Å². The van der Waals surface area contributed by atoms with Gasteiger partial charge in [0.25, 0.3) is 0 Å². The van der Waals surface area contributed by atoms with Gasteiger partial charge in [-0.1, -0.05) is 12.1 Å². The van der Waals surface area contributed by atoms with Gasteiger partial charge in [0.2, 0.25) is 0 Å². The molecule has 0 amide bonds. The van der Waals surface area contributed by atoms with Crippen molar-refractivity contribution in [1.82, 2.24) is 0 Å². The highest BCUT2D eigenvalue weighted by molar-refractivity contribution is 7.94. The summed E-state index contributed by atoms with van der Waals surface area (Å²) < 4.78 is 0. The molecule has 0 aromatic heterocycles. The molecular formula is C9H13S2+. The molecule has 1 aromatic rings. The Hall–Kier alpha value is -0.0800. The molecule has 0 fully saturated rings. The zero-order valence-corrected chi connectivity index (χ0v) is 8.58. The Bertz CT molecular complexity index is 231. The van der Waals surface area contributed by atoms with Gasteiger partial charge in [-0.2, -0.15) is 0 Å². The van der Waals surface area contributed by atoms with E-state index < -0.39 is 0 Å². The molecule has 1 aromatic carbocycles. The first-order chi connectivity index (χ1) is 5.18. The fraction of sp³-hybridized carbons (Fsp3) is 0.333. The first-order valence-electron chi connectivity index (χ1n) is 3.50. The minimum Gasteiger partial charge on any atom is -0.143 e. The zero-order chi connectivity index (χ0) is 8.27. The normalized spacial score (nSPS) is 10.5. The average molecular weight is 185 g/mol. The highest BCUT2D eigenvalue weighted by Gasteiger charge is 2.03. The van der Waals surface area contributed by atoms with Gasteiger partial charge in [-0.25, -0.2) is 0 Å². The summed E-state index contributed by atoms with van der Waals surface area (Å²) in [6.45, 7) is 0. The summed E-state index contributed by atoms with van der Waals surface area (Å²) in [6.07, 6.45) is 4.51. The highest BCUT2D eigenvalue weighted by atomic mass is 32.2. The van der Waals surface area contributed by atoms with Crippen LogP contribution in [-0.2, 0) is 16.6 Å². The molecule has 60 valence electrons. The van der Waals surface area contributed by atoms with Crippen LogP contribution in [0.1, 0.15) is 5.56 Å². The van der Waals surface area contributed by atoms with E-state index in [2.05, 4.69) is 43.3 Å². The predicted octanol–water partition coefficient (Wildman–Crippen LogP) is 2.35.